The molecule has 3 fully saturated rings. The van der Waals surface area contributed by atoms with E-state index in [-0.39, 0.29) is 40.8 Å². The molecule has 9 nitrogen and oxygen atoms in total. The molecule has 2 saturated carbocycles. The van der Waals surface area contributed by atoms with Crippen molar-refractivity contribution in [1.29, 1.82) is 0 Å². The van der Waals surface area contributed by atoms with Gasteiger partial charge < -0.3 is 26.6 Å². The van der Waals surface area contributed by atoms with Gasteiger partial charge in [0.05, 0.1) is 11.7 Å². The minimum Gasteiger partial charge on any atom is -0.396 e. The fraction of sp³-hybridized carbons (Fsp3) is 0.778. The van der Waals surface area contributed by atoms with E-state index in [1.54, 1.807) is 4.90 Å². The van der Waals surface area contributed by atoms with Gasteiger partial charge in [0, 0.05) is 12.1 Å². The van der Waals surface area contributed by atoms with Crippen LogP contribution >= 0.6 is 0 Å². The van der Waals surface area contributed by atoms with Crippen molar-refractivity contribution < 1.29 is 19.2 Å². The fourth-order valence-electron chi connectivity index (χ4n) is 6.36. The molecule has 2 unspecified atom stereocenters. The summed E-state index contributed by atoms with van der Waals surface area (Å²) in [6.45, 7) is 16.0. The first-order valence-electron chi connectivity index (χ1n) is 13.2. The third-order valence-electron chi connectivity index (χ3n) is 8.66. The first-order chi connectivity index (χ1) is 16.4. The maximum atomic E-state index is 13.9. The summed E-state index contributed by atoms with van der Waals surface area (Å²) in [7, 11) is 0. The number of Topliss-reactive ketones (excluding diaryl/α,β-unsaturated/α-hetero) is 1. The highest BCUT2D eigenvalue weighted by molar-refractivity contribution is 6.03. The number of nitrogens with one attached hydrogen (secondary N) is 3. The van der Waals surface area contributed by atoms with Crippen molar-refractivity contribution >= 4 is 23.6 Å². The lowest BCUT2D eigenvalue weighted by Gasteiger charge is -2.40. The van der Waals surface area contributed by atoms with Gasteiger partial charge in [-0.1, -0.05) is 34.6 Å². The van der Waals surface area contributed by atoms with E-state index >= 15 is 0 Å². The summed E-state index contributed by atoms with van der Waals surface area (Å²) in [5.74, 6) is -0.324. The van der Waals surface area contributed by atoms with Crippen molar-refractivity contribution in [3.63, 3.8) is 0 Å². The van der Waals surface area contributed by atoms with E-state index in [0.717, 1.165) is 18.4 Å². The Labute approximate surface area is 214 Å². The van der Waals surface area contributed by atoms with Gasteiger partial charge in [0.25, 0.3) is 0 Å². The van der Waals surface area contributed by atoms with Crippen molar-refractivity contribution in [2.75, 3.05) is 6.54 Å². The first kappa shape index (κ1) is 26.5. The summed E-state index contributed by atoms with van der Waals surface area (Å²) in [6, 6.07) is -2.58. The summed E-state index contributed by atoms with van der Waals surface area (Å²) < 4.78 is 0. The molecule has 0 aromatic heterocycles. The zero-order valence-electron chi connectivity index (χ0n) is 23.0. The zero-order chi connectivity index (χ0) is 27.0. The van der Waals surface area contributed by atoms with Crippen molar-refractivity contribution in [3.05, 3.63) is 11.3 Å². The second kappa shape index (κ2) is 8.48. The van der Waals surface area contributed by atoms with Gasteiger partial charge in [0.15, 0.2) is 0 Å². The van der Waals surface area contributed by atoms with Gasteiger partial charge in [-0.15, -0.1) is 0 Å². The lowest BCUT2D eigenvalue weighted by molar-refractivity contribution is -0.144. The zero-order valence-corrected chi connectivity index (χ0v) is 23.0. The predicted octanol–water partition coefficient (Wildman–Crippen LogP) is 2.06. The van der Waals surface area contributed by atoms with Crippen LogP contribution < -0.4 is 21.7 Å². The fourth-order valence-corrected chi connectivity index (χ4v) is 6.36. The van der Waals surface area contributed by atoms with Gasteiger partial charge in [0.2, 0.25) is 17.6 Å². The Bertz CT molecular complexity index is 1020. The number of hydrogen-bond acceptors (Lipinski definition) is 5. The number of carbonyl (C=O) groups is 4. The highest BCUT2D eigenvalue weighted by Gasteiger charge is 2.70. The predicted molar refractivity (Wildman–Crippen MR) is 136 cm³/mol. The number of piperidine rings is 1. The van der Waals surface area contributed by atoms with Crippen LogP contribution in [-0.4, -0.2) is 58.7 Å². The number of rotatable bonds is 4. The summed E-state index contributed by atoms with van der Waals surface area (Å²) in [6.07, 6.45) is 2.41. The number of carbonyl (C=O) groups excluding carboxylic acids is 4. The topological polar surface area (TPSA) is 134 Å². The molecular weight excluding hydrogens is 458 g/mol. The number of likely N-dealkylation sites (tertiary alicyclic amines) is 1. The largest absolute Gasteiger partial charge is 0.396 e. The highest BCUT2D eigenvalue weighted by atomic mass is 16.2. The molecule has 4 amide bonds. The van der Waals surface area contributed by atoms with Crippen molar-refractivity contribution in [3.8, 4) is 0 Å². The molecule has 3 aliphatic carbocycles. The van der Waals surface area contributed by atoms with Crippen LogP contribution in [0.3, 0.4) is 0 Å². The van der Waals surface area contributed by atoms with E-state index in [9.17, 15) is 19.2 Å². The molecule has 0 aromatic rings. The lowest BCUT2D eigenvalue weighted by Crippen LogP contribution is -2.62. The number of amides is 4. The SMILES string of the molecule is CC(C)(C)NC(=O)N[C@H](C(=O)N1CC2[C@@H]([C@H]1C(=O)N[C@@H]1CC3CCC3=C(N)C1=O)C2(C)C)C(C)(C)C. The minimum absolute atomic E-state index is 0.0105. The second-order valence-corrected chi connectivity index (χ2v) is 13.9. The van der Waals surface area contributed by atoms with Gasteiger partial charge in [0.1, 0.15) is 12.1 Å². The van der Waals surface area contributed by atoms with Crippen LogP contribution in [0.5, 0.6) is 0 Å². The molecule has 200 valence electrons. The summed E-state index contributed by atoms with van der Waals surface area (Å²) >= 11 is 0. The number of allylic oxidation sites excluding steroid dienone is 1. The number of nitrogens with two attached hydrogens (primary N) is 1. The van der Waals surface area contributed by atoms with Crippen LogP contribution in [0.25, 0.3) is 0 Å². The number of urea groups is 1. The Kier molecular flexibility index (Phi) is 6.24. The quantitative estimate of drug-likeness (QED) is 0.468. The number of ketones is 1. The molecule has 1 saturated heterocycles. The Morgan fingerprint density at radius 1 is 1.11 bits per heavy atom. The van der Waals surface area contributed by atoms with Gasteiger partial charge in [-0.05, 0) is 74.2 Å². The standard InChI is InChI=1S/C27H43N5O4/c1-25(2,3)21(30-24(36)31-26(4,5)6)23(35)32-12-15-17(27(15,7)8)19(32)22(34)29-16-11-13-9-10-14(13)18(28)20(16)33/h13,15-17,19,21H,9-12,28H2,1-8H3,(H,29,34)(H2,30,31,36)/t13?,15?,16-,17+,19+,21-/m1/s1. The van der Waals surface area contributed by atoms with E-state index in [1.807, 2.05) is 41.5 Å². The average molecular weight is 502 g/mol. The van der Waals surface area contributed by atoms with Gasteiger partial charge >= 0.3 is 6.03 Å². The molecule has 4 rings (SSSR count). The Morgan fingerprint density at radius 3 is 2.28 bits per heavy atom. The van der Waals surface area contributed by atoms with Crippen LogP contribution in [0.1, 0.15) is 74.7 Å². The Morgan fingerprint density at radius 2 is 1.75 bits per heavy atom. The average Bonchev–Trinajstić information content (AvgIpc) is 3.05. The van der Waals surface area contributed by atoms with E-state index in [0.29, 0.717) is 18.7 Å². The minimum atomic E-state index is -0.816. The molecule has 5 N–H and O–H groups in total. The molecule has 0 aromatic carbocycles. The van der Waals surface area contributed by atoms with Gasteiger partial charge in [-0.3, -0.25) is 14.4 Å². The summed E-state index contributed by atoms with van der Waals surface area (Å²) in [5.41, 5.74) is 6.31. The van der Waals surface area contributed by atoms with E-state index in [2.05, 4.69) is 29.8 Å². The third-order valence-corrected chi connectivity index (χ3v) is 8.66. The smallest absolute Gasteiger partial charge is 0.315 e. The molecule has 4 aliphatic rings. The highest BCUT2D eigenvalue weighted by Crippen LogP contribution is 2.65. The van der Waals surface area contributed by atoms with Crippen molar-refractivity contribution in [2.24, 2.45) is 34.3 Å². The summed E-state index contributed by atoms with van der Waals surface area (Å²) in [5, 5.41) is 8.68. The Balaban J connectivity index is 1.54. The molecule has 1 aliphatic heterocycles. The normalized spacial score (nSPS) is 31.6. The number of nitrogens with zero attached hydrogens (tertiary/aromatic N) is 1. The molecule has 6 atom stereocenters. The van der Waals surface area contributed by atoms with Gasteiger partial charge in [-0.2, -0.15) is 0 Å². The number of fused-ring (bicyclic) bond motifs is 2. The number of hydrogen-bond donors (Lipinski definition) is 4. The molecule has 0 radical (unpaired) electrons. The monoisotopic (exact) mass is 501 g/mol. The second-order valence-electron chi connectivity index (χ2n) is 13.9. The van der Waals surface area contributed by atoms with Crippen LogP contribution in [-0.2, 0) is 14.4 Å². The molecule has 9 heteroatoms. The molecule has 0 spiro atoms. The maximum Gasteiger partial charge on any atom is 0.315 e. The van der Waals surface area contributed by atoms with Crippen molar-refractivity contribution in [2.45, 2.75) is 98.3 Å². The molecule has 1 heterocycles. The van der Waals surface area contributed by atoms with Crippen molar-refractivity contribution in [1.82, 2.24) is 20.9 Å². The van der Waals surface area contributed by atoms with E-state index in [4.69, 9.17) is 5.73 Å². The lowest BCUT2D eigenvalue weighted by atomic mass is 9.69. The van der Waals surface area contributed by atoms with E-state index < -0.39 is 35.1 Å². The van der Waals surface area contributed by atoms with Gasteiger partial charge in [-0.25, -0.2) is 4.79 Å². The Hall–Kier alpha value is -2.58. The van der Waals surface area contributed by atoms with Crippen LogP contribution in [0, 0.1) is 28.6 Å². The van der Waals surface area contributed by atoms with Crippen LogP contribution in [0.15, 0.2) is 11.3 Å². The maximum absolute atomic E-state index is 13.9. The van der Waals surface area contributed by atoms with E-state index in [1.165, 1.54) is 0 Å². The molecule has 0 bridgehead atoms. The third kappa shape index (κ3) is 4.61. The molecule has 36 heavy (non-hydrogen) atoms. The van der Waals surface area contributed by atoms with Crippen LogP contribution in [0.4, 0.5) is 4.79 Å². The van der Waals surface area contributed by atoms with Crippen LogP contribution in [0.2, 0.25) is 0 Å². The summed E-state index contributed by atoms with van der Waals surface area (Å²) in [4.78, 5) is 54.8. The molecular formula is C27H43N5O4. The first-order valence-corrected chi connectivity index (χ1v) is 13.2.